The van der Waals surface area contributed by atoms with Gasteiger partial charge in [-0.1, -0.05) is 16.4 Å². The predicted octanol–water partition coefficient (Wildman–Crippen LogP) is 2.10. The number of rotatable bonds is 4. The molecule has 0 radical (unpaired) electrons. The molecule has 2 aromatic heterocycles. The third-order valence-corrected chi connectivity index (χ3v) is 6.73. The molecule has 3 fully saturated rings. The van der Waals surface area contributed by atoms with Gasteiger partial charge in [0.05, 0.1) is 16.9 Å². The van der Waals surface area contributed by atoms with E-state index in [1.54, 1.807) is 7.11 Å². The summed E-state index contributed by atoms with van der Waals surface area (Å²) in [6, 6.07) is 4.08. The fourth-order valence-corrected chi connectivity index (χ4v) is 4.95. The Hall–Kier alpha value is -1.51. The van der Waals surface area contributed by atoms with Crippen LogP contribution < -0.4 is 10.1 Å². The molecule has 8 heteroatoms. The third kappa shape index (κ3) is 2.98. The average Bonchev–Trinajstić information content (AvgIpc) is 3.25. The van der Waals surface area contributed by atoms with Gasteiger partial charge in [-0.05, 0) is 44.0 Å². The van der Waals surface area contributed by atoms with Crippen molar-refractivity contribution in [2.45, 2.75) is 18.9 Å². The largest absolute Gasteiger partial charge is 0.472 e. The quantitative estimate of drug-likeness (QED) is 0.915. The molecular weight excluding hydrogens is 332 g/mol. The van der Waals surface area contributed by atoms with Crippen LogP contribution in [0.25, 0.3) is 9.88 Å². The number of hydrogen-bond donors (Lipinski definition) is 1. The maximum atomic E-state index is 12.5. The van der Waals surface area contributed by atoms with Crippen molar-refractivity contribution in [2.24, 2.45) is 5.92 Å². The van der Waals surface area contributed by atoms with Gasteiger partial charge in [0.2, 0.25) is 0 Å². The lowest BCUT2D eigenvalue weighted by molar-refractivity contribution is 0.0622. The maximum absolute atomic E-state index is 12.5. The molecule has 0 saturated carbocycles. The minimum Gasteiger partial charge on any atom is -0.472 e. The summed E-state index contributed by atoms with van der Waals surface area (Å²) in [6.45, 7) is 3.35. The molecule has 23 heavy (non-hydrogen) atoms. The number of nitrogens with zero attached hydrogens (tertiary/aromatic N) is 3. The lowest BCUT2D eigenvalue weighted by Gasteiger charge is -2.44. The molecule has 3 aliphatic rings. The first-order chi connectivity index (χ1) is 11.2. The summed E-state index contributed by atoms with van der Waals surface area (Å²) in [6.07, 6.45) is 2.40. The van der Waals surface area contributed by atoms with Crippen molar-refractivity contribution < 1.29 is 9.53 Å². The standard InChI is InChI=1S/C15H18N4O2S2/c1-21-15-18-17-14(23-15)12-3-2-11(22-12)13(20)16-10-8-19-6-4-9(10)5-7-19/h2-3,9-10H,4-8H2,1H3,(H,16,20)/t10-/m0/s1. The third-order valence-electron chi connectivity index (χ3n) is 4.59. The number of carbonyl (C=O) groups is 1. The number of hydrogen-bond acceptors (Lipinski definition) is 7. The van der Waals surface area contributed by atoms with Gasteiger partial charge in [0.15, 0.2) is 5.01 Å². The highest BCUT2D eigenvalue weighted by Gasteiger charge is 2.35. The number of thiophene rings is 1. The van der Waals surface area contributed by atoms with Crippen molar-refractivity contribution in [3.05, 3.63) is 17.0 Å². The lowest BCUT2D eigenvalue weighted by Crippen LogP contribution is -2.57. The average molecular weight is 350 g/mol. The molecule has 5 heterocycles. The first-order valence-corrected chi connectivity index (χ1v) is 9.37. The molecule has 2 aromatic rings. The number of nitrogens with one attached hydrogen (secondary N) is 1. The smallest absolute Gasteiger partial charge is 0.294 e. The van der Waals surface area contributed by atoms with E-state index in [4.69, 9.17) is 4.74 Å². The van der Waals surface area contributed by atoms with Gasteiger partial charge >= 0.3 is 0 Å². The second-order valence-corrected chi connectivity index (χ2v) is 7.98. The Kier molecular flexibility index (Phi) is 4.04. The highest BCUT2D eigenvalue weighted by Crippen LogP contribution is 2.33. The van der Waals surface area contributed by atoms with Crippen molar-refractivity contribution in [3.63, 3.8) is 0 Å². The summed E-state index contributed by atoms with van der Waals surface area (Å²) in [5.74, 6) is 0.660. The SMILES string of the molecule is COc1nnc(-c2ccc(C(=O)N[C@H]3CN4CCC3CC4)s2)s1. The van der Waals surface area contributed by atoms with Gasteiger partial charge in [0, 0.05) is 12.6 Å². The molecule has 0 aromatic carbocycles. The van der Waals surface area contributed by atoms with Crippen LogP contribution in [0, 0.1) is 5.92 Å². The molecule has 0 unspecified atom stereocenters. The Labute approximate surface area is 142 Å². The van der Waals surface area contributed by atoms with Crippen LogP contribution in [0.2, 0.25) is 0 Å². The predicted molar refractivity (Wildman–Crippen MR) is 90.2 cm³/mol. The normalized spacial score (nSPS) is 26.2. The van der Waals surface area contributed by atoms with Crippen molar-refractivity contribution in [1.29, 1.82) is 0 Å². The van der Waals surface area contributed by atoms with E-state index in [0.29, 0.717) is 11.1 Å². The van der Waals surface area contributed by atoms with E-state index in [2.05, 4.69) is 20.4 Å². The van der Waals surface area contributed by atoms with E-state index in [1.807, 2.05) is 12.1 Å². The van der Waals surface area contributed by atoms with Gasteiger partial charge in [-0.15, -0.1) is 16.4 Å². The zero-order chi connectivity index (χ0) is 15.8. The fourth-order valence-electron chi connectivity index (χ4n) is 3.33. The molecule has 1 N–H and O–H groups in total. The van der Waals surface area contributed by atoms with Crippen LogP contribution in [0.1, 0.15) is 22.5 Å². The highest BCUT2D eigenvalue weighted by molar-refractivity contribution is 7.23. The number of ether oxygens (including phenoxy) is 1. The van der Waals surface area contributed by atoms with Crippen molar-refractivity contribution in [1.82, 2.24) is 20.4 Å². The van der Waals surface area contributed by atoms with Gasteiger partial charge in [-0.3, -0.25) is 4.79 Å². The van der Waals surface area contributed by atoms with Crippen LogP contribution in [0.5, 0.6) is 5.19 Å². The van der Waals surface area contributed by atoms with Gasteiger partial charge in [-0.2, -0.15) is 0 Å². The number of carbonyl (C=O) groups excluding carboxylic acids is 1. The monoisotopic (exact) mass is 350 g/mol. The van der Waals surface area contributed by atoms with E-state index >= 15 is 0 Å². The minimum atomic E-state index is 0.0245. The van der Waals surface area contributed by atoms with Gasteiger partial charge in [0.25, 0.3) is 11.1 Å². The molecule has 2 bridgehead atoms. The molecule has 0 aliphatic carbocycles. The Balaban J connectivity index is 1.45. The molecule has 6 nitrogen and oxygen atoms in total. The van der Waals surface area contributed by atoms with Crippen LogP contribution in [0.3, 0.4) is 0 Å². The Morgan fingerprint density at radius 3 is 2.78 bits per heavy atom. The van der Waals surface area contributed by atoms with Gasteiger partial charge < -0.3 is 15.0 Å². The van der Waals surface area contributed by atoms with Gasteiger partial charge in [-0.25, -0.2) is 0 Å². The fraction of sp³-hybridized carbons (Fsp3) is 0.533. The van der Waals surface area contributed by atoms with Crippen molar-refractivity contribution in [2.75, 3.05) is 26.7 Å². The molecule has 3 saturated heterocycles. The van der Waals surface area contributed by atoms with E-state index in [9.17, 15) is 4.79 Å². The van der Waals surface area contributed by atoms with E-state index in [-0.39, 0.29) is 11.9 Å². The first kappa shape index (κ1) is 15.0. The summed E-state index contributed by atoms with van der Waals surface area (Å²) in [5, 5.41) is 12.6. The molecule has 0 spiro atoms. The summed E-state index contributed by atoms with van der Waals surface area (Å²) in [4.78, 5) is 16.6. The van der Waals surface area contributed by atoms with Crippen molar-refractivity contribution >= 4 is 28.6 Å². The van der Waals surface area contributed by atoms with Gasteiger partial charge in [0.1, 0.15) is 0 Å². The molecule has 3 aliphatic heterocycles. The minimum absolute atomic E-state index is 0.0245. The zero-order valence-electron chi connectivity index (χ0n) is 12.8. The number of amides is 1. The summed E-state index contributed by atoms with van der Waals surface area (Å²) >= 11 is 2.84. The number of aromatic nitrogens is 2. The van der Waals surface area contributed by atoms with Crippen LogP contribution in [0.4, 0.5) is 0 Å². The first-order valence-electron chi connectivity index (χ1n) is 7.74. The molecule has 1 atom stereocenters. The van der Waals surface area contributed by atoms with E-state index in [1.165, 1.54) is 48.6 Å². The number of methoxy groups -OCH3 is 1. The Bertz CT molecular complexity index is 706. The Morgan fingerprint density at radius 2 is 2.13 bits per heavy atom. The molecule has 1 amide bonds. The maximum Gasteiger partial charge on any atom is 0.294 e. The zero-order valence-corrected chi connectivity index (χ0v) is 14.5. The van der Waals surface area contributed by atoms with Crippen molar-refractivity contribution in [3.8, 4) is 15.1 Å². The second-order valence-electron chi connectivity index (χ2n) is 5.96. The summed E-state index contributed by atoms with van der Waals surface area (Å²) in [5.41, 5.74) is 0. The van der Waals surface area contributed by atoms with Crippen LogP contribution in [0.15, 0.2) is 12.1 Å². The second kappa shape index (κ2) is 6.18. The van der Waals surface area contributed by atoms with E-state index < -0.39 is 0 Å². The van der Waals surface area contributed by atoms with Crippen LogP contribution in [-0.4, -0.2) is 53.8 Å². The topological polar surface area (TPSA) is 67.3 Å². The number of fused-ring (bicyclic) bond motifs is 3. The molecule has 122 valence electrons. The summed E-state index contributed by atoms with van der Waals surface area (Å²) in [7, 11) is 1.57. The summed E-state index contributed by atoms with van der Waals surface area (Å²) < 4.78 is 5.06. The van der Waals surface area contributed by atoms with E-state index in [0.717, 1.165) is 21.3 Å². The lowest BCUT2D eigenvalue weighted by atomic mass is 9.84. The number of piperidine rings is 3. The van der Waals surface area contributed by atoms with Crippen LogP contribution in [-0.2, 0) is 0 Å². The Morgan fingerprint density at radius 1 is 1.30 bits per heavy atom. The molecule has 5 rings (SSSR count). The van der Waals surface area contributed by atoms with Crippen LogP contribution >= 0.6 is 22.7 Å². The molecular formula is C15H18N4O2S2. The highest BCUT2D eigenvalue weighted by atomic mass is 32.1.